The van der Waals surface area contributed by atoms with Gasteiger partial charge in [-0.15, -0.1) is 0 Å². The number of hydrogen-bond donors (Lipinski definition) is 3. The number of H-pyrrole nitrogens is 1. The van der Waals surface area contributed by atoms with Crippen LogP contribution in [0.1, 0.15) is 43.3 Å². The summed E-state index contributed by atoms with van der Waals surface area (Å²) in [6.07, 6.45) is 1.11. The van der Waals surface area contributed by atoms with Crippen molar-refractivity contribution in [1.82, 2.24) is 30.0 Å². The Bertz CT molecular complexity index is 1610. The monoisotopic (exact) mass is 619 g/mol. The van der Waals surface area contributed by atoms with Gasteiger partial charge < -0.3 is 25.3 Å². The molecule has 2 heterocycles. The second-order valence-corrected chi connectivity index (χ2v) is 11.4. The number of rotatable bonds is 10. The number of carbonyl (C=O) groups is 1. The molecule has 0 saturated heterocycles. The minimum Gasteiger partial charge on any atom is -0.495 e. The summed E-state index contributed by atoms with van der Waals surface area (Å²) in [6.45, 7) is 5.31. The maximum Gasteiger partial charge on any atom is 0.319 e. The molecule has 0 spiro atoms. The molecule has 3 N–H and O–H groups in total. The number of nitrogens with one attached hydrogen (secondary N) is 3. The third kappa shape index (κ3) is 7.13. The Labute approximate surface area is 252 Å². The van der Waals surface area contributed by atoms with E-state index in [0.29, 0.717) is 51.2 Å². The van der Waals surface area contributed by atoms with Crippen LogP contribution in [0.3, 0.4) is 0 Å². The Morgan fingerprint density at radius 3 is 2.49 bits per heavy atom. The van der Waals surface area contributed by atoms with Gasteiger partial charge in [0.15, 0.2) is 5.65 Å². The smallest absolute Gasteiger partial charge is 0.319 e. The van der Waals surface area contributed by atoms with Crippen LogP contribution < -0.4 is 20.9 Å². The Hall–Kier alpha value is -3.31. The van der Waals surface area contributed by atoms with Gasteiger partial charge in [0.2, 0.25) is 0 Å². The second-order valence-electron chi connectivity index (χ2n) is 10.1. The molecule has 4 rings (SSSR count). The lowest BCUT2D eigenvalue weighted by Gasteiger charge is -2.14. The number of benzene rings is 2. The third-order valence-corrected chi connectivity index (χ3v) is 7.10. The summed E-state index contributed by atoms with van der Waals surface area (Å²) in [7, 11) is 5.49. The first-order valence-corrected chi connectivity index (χ1v) is 14.1. The van der Waals surface area contributed by atoms with E-state index >= 15 is 0 Å². The molecular formula is C28H32Cl3N7O3. The summed E-state index contributed by atoms with van der Waals surface area (Å²) < 4.78 is 7.02. The van der Waals surface area contributed by atoms with Gasteiger partial charge in [-0.2, -0.15) is 5.10 Å². The van der Waals surface area contributed by atoms with Gasteiger partial charge in [0.25, 0.3) is 5.56 Å². The summed E-state index contributed by atoms with van der Waals surface area (Å²) in [5, 5.41) is 11.6. The van der Waals surface area contributed by atoms with Crippen molar-refractivity contribution in [2.24, 2.45) is 0 Å². The van der Waals surface area contributed by atoms with Crippen molar-refractivity contribution in [3.63, 3.8) is 0 Å². The molecule has 0 saturated carbocycles. The Morgan fingerprint density at radius 2 is 1.85 bits per heavy atom. The average molecular weight is 621 g/mol. The maximum atomic E-state index is 13.3. The normalized spacial score (nSPS) is 11.5. The number of ether oxygens (including phenoxy) is 1. The Balaban J connectivity index is 1.65. The van der Waals surface area contributed by atoms with Crippen molar-refractivity contribution in [3.05, 3.63) is 72.8 Å². The topological polar surface area (TPSA) is 117 Å². The number of amides is 2. The summed E-state index contributed by atoms with van der Waals surface area (Å²) in [5.41, 5.74) is 2.28. The van der Waals surface area contributed by atoms with E-state index in [1.165, 1.54) is 11.8 Å². The van der Waals surface area contributed by atoms with E-state index in [1.54, 1.807) is 24.3 Å². The number of urea groups is 1. The Morgan fingerprint density at radius 1 is 1.15 bits per heavy atom. The largest absolute Gasteiger partial charge is 0.495 e. The van der Waals surface area contributed by atoms with Gasteiger partial charge in [0.05, 0.1) is 28.5 Å². The highest BCUT2D eigenvalue weighted by Crippen LogP contribution is 2.35. The molecule has 2 amide bonds. The first-order chi connectivity index (χ1) is 19.5. The predicted molar refractivity (Wildman–Crippen MR) is 165 cm³/mol. The van der Waals surface area contributed by atoms with Crippen molar-refractivity contribution in [2.75, 3.05) is 39.6 Å². The van der Waals surface area contributed by atoms with Gasteiger partial charge in [0.1, 0.15) is 22.6 Å². The number of fused-ring (bicyclic) bond motifs is 1. The molecule has 0 atom stereocenters. The first kappa shape index (κ1) is 30.6. The molecular weight excluding hydrogens is 589 g/mol. The van der Waals surface area contributed by atoms with Crippen LogP contribution in [0.25, 0.3) is 16.7 Å². The molecule has 41 heavy (non-hydrogen) atoms. The number of anilines is 1. The zero-order valence-electron chi connectivity index (χ0n) is 23.4. The molecule has 2 aromatic carbocycles. The van der Waals surface area contributed by atoms with Crippen molar-refractivity contribution in [2.45, 2.75) is 32.6 Å². The number of methoxy groups -OCH3 is 1. The van der Waals surface area contributed by atoms with Gasteiger partial charge >= 0.3 is 6.03 Å². The summed E-state index contributed by atoms with van der Waals surface area (Å²) in [5.74, 6) is 0.814. The molecule has 10 nitrogen and oxygen atoms in total. The number of halogens is 3. The second kappa shape index (κ2) is 13.1. The highest BCUT2D eigenvalue weighted by molar-refractivity contribution is 6.40. The molecule has 4 aromatic rings. The van der Waals surface area contributed by atoms with Crippen LogP contribution in [0, 0.1) is 0 Å². The van der Waals surface area contributed by atoms with Gasteiger partial charge in [-0.1, -0.05) is 54.7 Å². The van der Waals surface area contributed by atoms with E-state index in [1.807, 2.05) is 34.0 Å². The van der Waals surface area contributed by atoms with Crippen molar-refractivity contribution in [1.29, 1.82) is 0 Å². The highest BCUT2D eigenvalue weighted by Gasteiger charge is 2.23. The Kier molecular flexibility index (Phi) is 9.80. The van der Waals surface area contributed by atoms with Gasteiger partial charge in [-0.05, 0) is 62.8 Å². The number of nitrogens with zero attached hydrogens (tertiary/aromatic N) is 4. The number of hydrogen-bond acceptors (Lipinski definition) is 6. The molecule has 0 aliphatic heterocycles. The molecule has 0 aliphatic rings. The number of carbonyl (C=O) groups excluding carboxylic acids is 1. The average Bonchev–Trinajstić information content (AvgIpc) is 3.27. The molecule has 0 unspecified atom stereocenters. The lowest BCUT2D eigenvalue weighted by molar-refractivity contribution is 0.251. The summed E-state index contributed by atoms with van der Waals surface area (Å²) in [6, 6.07) is 8.17. The van der Waals surface area contributed by atoms with Crippen LogP contribution in [0.2, 0.25) is 15.1 Å². The van der Waals surface area contributed by atoms with Crippen LogP contribution >= 0.6 is 34.8 Å². The molecule has 0 radical (unpaired) electrons. The number of aromatic amines is 1. The molecule has 0 fully saturated rings. The minimum atomic E-state index is -0.322. The molecule has 0 bridgehead atoms. The van der Waals surface area contributed by atoms with Gasteiger partial charge in [-0.3, -0.25) is 4.79 Å². The van der Waals surface area contributed by atoms with E-state index in [2.05, 4.69) is 25.6 Å². The third-order valence-electron chi connectivity index (χ3n) is 6.31. The van der Waals surface area contributed by atoms with E-state index in [4.69, 9.17) is 44.5 Å². The molecule has 218 valence electrons. The first-order valence-electron chi connectivity index (χ1n) is 13.0. The fraction of sp³-hybridized carbons (Fsp3) is 0.357. The fourth-order valence-electron chi connectivity index (χ4n) is 4.38. The van der Waals surface area contributed by atoms with Crippen molar-refractivity contribution >= 4 is 57.6 Å². The molecule has 2 aromatic heterocycles. The van der Waals surface area contributed by atoms with Crippen molar-refractivity contribution < 1.29 is 9.53 Å². The van der Waals surface area contributed by atoms with Crippen LogP contribution in [0.5, 0.6) is 5.75 Å². The summed E-state index contributed by atoms with van der Waals surface area (Å²) in [4.78, 5) is 35.4. The van der Waals surface area contributed by atoms with E-state index in [9.17, 15) is 9.59 Å². The SMILES string of the molecule is COc1cc(Cc2nc3c(c(C(C)C)nn3-c3c(Cl)cc(Cl)cc3Cl)c(=O)[nH]2)ccc1NC(=O)NCCCN(C)C. The van der Waals surface area contributed by atoms with Gasteiger partial charge in [0, 0.05) is 18.0 Å². The predicted octanol–water partition coefficient (Wildman–Crippen LogP) is 5.87. The lowest BCUT2D eigenvalue weighted by Crippen LogP contribution is -2.31. The summed E-state index contributed by atoms with van der Waals surface area (Å²) >= 11 is 19.1. The van der Waals surface area contributed by atoms with Crippen molar-refractivity contribution in [3.8, 4) is 11.4 Å². The van der Waals surface area contributed by atoms with E-state index in [0.717, 1.165) is 18.5 Å². The molecule has 13 heteroatoms. The zero-order chi connectivity index (χ0) is 29.8. The fourth-order valence-corrected chi connectivity index (χ4v) is 5.36. The van der Waals surface area contributed by atoms with Crippen LogP contribution in [0.15, 0.2) is 35.1 Å². The van der Waals surface area contributed by atoms with Crippen LogP contribution in [-0.2, 0) is 6.42 Å². The van der Waals surface area contributed by atoms with Crippen LogP contribution in [0.4, 0.5) is 10.5 Å². The highest BCUT2D eigenvalue weighted by atomic mass is 35.5. The van der Waals surface area contributed by atoms with E-state index in [-0.39, 0.29) is 34.0 Å². The lowest BCUT2D eigenvalue weighted by atomic mass is 10.1. The number of aromatic nitrogens is 4. The van der Waals surface area contributed by atoms with E-state index < -0.39 is 0 Å². The quantitative estimate of drug-likeness (QED) is 0.191. The molecule has 0 aliphatic carbocycles. The maximum absolute atomic E-state index is 13.3. The zero-order valence-corrected chi connectivity index (χ0v) is 25.7. The minimum absolute atomic E-state index is 0.0631. The standard InChI is InChI=1S/C28H32Cl3N7O3/c1-15(2)24-23-26(38(36-24)25-18(30)13-17(29)14-19(25)31)34-22(35-27(23)39)12-16-7-8-20(21(11-16)41-5)33-28(40)32-9-6-10-37(3)4/h7-8,11,13-15H,6,9-10,12H2,1-5H3,(H2,32,33,40)(H,34,35,39). The van der Waals surface area contributed by atoms with Gasteiger partial charge in [-0.25, -0.2) is 14.5 Å². The van der Waals surface area contributed by atoms with Crippen LogP contribution in [-0.4, -0.2) is 65.0 Å².